The first-order valence-electron chi connectivity index (χ1n) is 7.27. The number of hydrogen-bond donors (Lipinski definition) is 1. The van der Waals surface area contributed by atoms with Crippen LogP contribution < -0.4 is 5.56 Å². The maximum Gasteiger partial charge on any atom is 0.343 e. The van der Waals surface area contributed by atoms with Gasteiger partial charge >= 0.3 is 11.9 Å². The molecule has 0 saturated carbocycles. The molecule has 3 heterocycles. The summed E-state index contributed by atoms with van der Waals surface area (Å²) in [6.07, 6.45) is 4.04. The van der Waals surface area contributed by atoms with Crippen LogP contribution in [0.1, 0.15) is 23.7 Å². The standard InChI is InChI=1S/C15H14N4O5/c1-2-24-15(23)10-8-17-19-11-3-5-18(6-4-12(20)21)14(22)9(11)7-16-13(10)19/h3,5,7-8H,2,4,6H2,1H3,(H,20,21). The molecular weight excluding hydrogens is 316 g/mol. The highest BCUT2D eigenvalue weighted by atomic mass is 16.5. The number of carbonyl (C=O) groups excluding carboxylic acids is 1. The minimum Gasteiger partial charge on any atom is -0.481 e. The molecule has 3 aromatic heterocycles. The predicted octanol–water partition coefficient (Wildman–Crippen LogP) is 0.696. The highest BCUT2D eigenvalue weighted by Crippen LogP contribution is 2.15. The molecule has 24 heavy (non-hydrogen) atoms. The molecule has 3 aromatic rings. The van der Waals surface area contributed by atoms with Gasteiger partial charge in [0, 0.05) is 18.9 Å². The van der Waals surface area contributed by atoms with Crippen LogP contribution in [0.15, 0.2) is 29.5 Å². The Hall–Kier alpha value is -3.23. The number of ether oxygens (including phenoxy) is 1. The van der Waals surface area contributed by atoms with E-state index in [0.717, 1.165) is 0 Å². The lowest BCUT2D eigenvalue weighted by Crippen LogP contribution is -2.21. The number of nitrogens with zero attached hydrogens (tertiary/aromatic N) is 4. The average molecular weight is 330 g/mol. The zero-order chi connectivity index (χ0) is 17.3. The van der Waals surface area contributed by atoms with E-state index < -0.39 is 11.9 Å². The van der Waals surface area contributed by atoms with Gasteiger partial charge in [-0.1, -0.05) is 0 Å². The summed E-state index contributed by atoms with van der Waals surface area (Å²) in [6.45, 7) is 2.00. The molecule has 0 atom stereocenters. The van der Waals surface area contributed by atoms with Gasteiger partial charge < -0.3 is 14.4 Å². The molecule has 9 nitrogen and oxygen atoms in total. The second-order valence-corrected chi connectivity index (χ2v) is 5.03. The number of rotatable bonds is 5. The predicted molar refractivity (Wildman–Crippen MR) is 83.0 cm³/mol. The summed E-state index contributed by atoms with van der Waals surface area (Å²) in [5, 5.41) is 13.1. The highest BCUT2D eigenvalue weighted by molar-refractivity contribution is 5.96. The fraction of sp³-hybridized carbons (Fsp3) is 0.267. The van der Waals surface area contributed by atoms with E-state index >= 15 is 0 Å². The van der Waals surface area contributed by atoms with Gasteiger partial charge in [-0.15, -0.1) is 0 Å². The first-order valence-corrected chi connectivity index (χ1v) is 7.27. The fourth-order valence-corrected chi connectivity index (χ4v) is 2.40. The second-order valence-electron chi connectivity index (χ2n) is 5.03. The molecule has 0 radical (unpaired) electrons. The molecule has 3 rings (SSSR count). The van der Waals surface area contributed by atoms with Crippen LogP contribution in [0.2, 0.25) is 0 Å². The first-order chi connectivity index (χ1) is 11.5. The van der Waals surface area contributed by atoms with Crippen molar-refractivity contribution in [3.63, 3.8) is 0 Å². The summed E-state index contributed by atoms with van der Waals surface area (Å²) in [4.78, 5) is 39.1. The van der Waals surface area contributed by atoms with E-state index in [-0.39, 0.29) is 36.1 Å². The Morgan fingerprint density at radius 1 is 1.33 bits per heavy atom. The largest absolute Gasteiger partial charge is 0.481 e. The number of aryl methyl sites for hydroxylation is 1. The normalized spacial score (nSPS) is 11.0. The van der Waals surface area contributed by atoms with Crippen molar-refractivity contribution in [2.24, 2.45) is 0 Å². The van der Waals surface area contributed by atoms with Crippen LogP contribution >= 0.6 is 0 Å². The number of esters is 1. The summed E-state index contributed by atoms with van der Waals surface area (Å²) in [5.74, 6) is -1.52. The zero-order valence-corrected chi connectivity index (χ0v) is 12.8. The van der Waals surface area contributed by atoms with Gasteiger partial charge in [-0.25, -0.2) is 14.3 Å². The van der Waals surface area contributed by atoms with Gasteiger partial charge in [0.2, 0.25) is 0 Å². The Morgan fingerprint density at radius 3 is 2.83 bits per heavy atom. The third-order valence-electron chi connectivity index (χ3n) is 3.53. The van der Waals surface area contributed by atoms with E-state index in [1.807, 2.05) is 0 Å². The number of pyridine rings is 1. The van der Waals surface area contributed by atoms with Crippen molar-refractivity contribution in [2.45, 2.75) is 19.9 Å². The van der Waals surface area contributed by atoms with Gasteiger partial charge in [0.05, 0.1) is 30.1 Å². The maximum absolute atomic E-state index is 12.4. The molecule has 0 unspecified atom stereocenters. The molecule has 0 spiro atoms. The Kier molecular flexibility index (Phi) is 3.98. The minimum atomic E-state index is -0.985. The van der Waals surface area contributed by atoms with E-state index in [1.165, 1.54) is 27.7 Å². The monoisotopic (exact) mass is 330 g/mol. The third kappa shape index (κ3) is 2.60. The van der Waals surface area contributed by atoms with Gasteiger partial charge in [-0.3, -0.25) is 9.59 Å². The third-order valence-corrected chi connectivity index (χ3v) is 3.53. The molecular formula is C15H14N4O5. The molecule has 0 fully saturated rings. The first kappa shape index (κ1) is 15.7. The Bertz CT molecular complexity index is 1000. The summed E-state index contributed by atoms with van der Waals surface area (Å²) in [6, 6.07) is 1.63. The van der Waals surface area contributed by atoms with Crippen molar-refractivity contribution >= 4 is 28.5 Å². The summed E-state index contributed by atoms with van der Waals surface area (Å²) in [7, 11) is 0. The van der Waals surface area contributed by atoms with Crippen LogP contribution in [0.25, 0.3) is 16.6 Å². The van der Waals surface area contributed by atoms with Crippen molar-refractivity contribution in [1.82, 2.24) is 19.2 Å². The van der Waals surface area contributed by atoms with Crippen LogP contribution in [0.5, 0.6) is 0 Å². The van der Waals surface area contributed by atoms with Crippen LogP contribution in [0, 0.1) is 0 Å². The lowest BCUT2D eigenvalue weighted by Gasteiger charge is -2.06. The summed E-state index contributed by atoms with van der Waals surface area (Å²) in [5.41, 5.74) is 0.626. The quantitative estimate of drug-likeness (QED) is 0.684. The van der Waals surface area contributed by atoms with Gasteiger partial charge in [0.15, 0.2) is 5.65 Å². The van der Waals surface area contributed by atoms with E-state index in [9.17, 15) is 14.4 Å². The molecule has 1 N–H and O–H groups in total. The van der Waals surface area contributed by atoms with Crippen molar-refractivity contribution in [3.8, 4) is 0 Å². The molecule has 9 heteroatoms. The number of fused-ring (bicyclic) bond motifs is 3. The molecule has 0 aromatic carbocycles. The average Bonchev–Trinajstić information content (AvgIpc) is 2.98. The summed E-state index contributed by atoms with van der Waals surface area (Å²) >= 11 is 0. The number of aromatic nitrogens is 4. The molecule has 0 amide bonds. The topological polar surface area (TPSA) is 116 Å². The molecule has 0 saturated heterocycles. The van der Waals surface area contributed by atoms with E-state index in [0.29, 0.717) is 11.2 Å². The zero-order valence-electron chi connectivity index (χ0n) is 12.8. The molecule has 124 valence electrons. The number of carbonyl (C=O) groups is 2. The van der Waals surface area contributed by atoms with Gasteiger partial charge in [0.25, 0.3) is 5.56 Å². The maximum atomic E-state index is 12.4. The van der Waals surface area contributed by atoms with Gasteiger partial charge in [-0.05, 0) is 13.0 Å². The van der Waals surface area contributed by atoms with Crippen LogP contribution in [-0.2, 0) is 16.1 Å². The minimum absolute atomic E-state index is 0.0648. The van der Waals surface area contributed by atoms with Crippen LogP contribution in [0.4, 0.5) is 0 Å². The second kappa shape index (κ2) is 6.11. The molecule has 0 aliphatic carbocycles. The molecule has 0 bridgehead atoms. The highest BCUT2D eigenvalue weighted by Gasteiger charge is 2.17. The molecule has 0 aliphatic rings. The fourth-order valence-electron chi connectivity index (χ4n) is 2.40. The van der Waals surface area contributed by atoms with Crippen molar-refractivity contribution in [3.05, 3.63) is 40.6 Å². The van der Waals surface area contributed by atoms with Crippen molar-refractivity contribution in [1.29, 1.82) is 0 Å². The SMILES string of the molecule is CCOC(=O)c1cnn2c1ncc1c(=O)n(CCC(=O)O)ccc12. The van der Waals surface area contributed by atoms with E-state index in [2.05, 4.69) is 10.1 Å². The van der Waals surface area contributed by atoms with Crippen molar-refractivity contribution in [2.75, 3.05) is 6.61 Å². The number of hydrogen-bond acceptors (Lipinski definition) is 6. The van der Waals surface area contributed by atoms with Gasteiger partial charge in [-0.2, -0.15) is 5.10 Å². The Labute approximate surface area is 135 Å². The Morgan fingerprint density at radius 2 is 2.12 bits per heavy atom. The number of carboxylic acids is 1. The summed E-state index contributed by atoms with van der Waals surface area (Å²) < 4.78 is 7.65. The van der Waals surface area contributed by atoms with Crippen LogP contribution in [0.3, 0.4) is 0 Å². The molecule has 0 aliphatic heterocycles. The van der Waals surface area contributed by atoms with Crippen LogP contribution in [-0.4, -0.2) is 42.8 Å². The van der Waals surface area contributed by atoms with Gasteiger partial charge in [0.1, 0.15) is 5.56 Å². The number of aliphatic carboxylic acids is 1. The lowest BCUT2D eigenvalue weighted by molar-refractivity contribution is -0.137. The van der Waals surface area contributed by atoms with E-state index in [1.54, 1.807) is 13.0 Å². The van der Waals surface area contributed by atoms with E-state index in [4.69, 9.17) is 9.84 Å². The number of carboxylic acid groups (broad SMARTS) is 1. The smallest absolute Gasteiger partial charge is 0.343 e. The lowest BCUT2D eigenvalue weighted by atomic mass is 10.3. The van der Waals surface area contributed by atoms with Crippen molar-refractivity contribution < 1.29 is 19.4 Å². The Balaban J connectivity index is 2.12.